The minimum Gasteiger partial charge on any atom is -0.379 e. The van der Waals surface area contributed by atoms with Crippen LogP contribution in [0, 0.1) is 17.6 Å². The monoisotopic (exact) mass is 502 g/mol. The molecule has 1 atom stereocenters. The van der Waals surface area contributed by atoms with Crippen LogP contribution in [0.5, 0.6) is 0 Å². The summed E-state index contributed by atoms with van der Waals surface area (Å²) >= 11 is 0. The second-order valence-electron chi connectivity index (χ2n) is 10.3. The Morgan fingerprint density at radius 3 is 2.46 bits per heavy atom. The summed E-state index contributed by atoms with van der Waals surface area (Å²) in [6, 6.07) is 5.93. The van der Waals surface area contributed by atoms with Gasteiger partial charge in [-0.3, -0.25) is 9.52 Å². The van der Waals surface area contributed by atoms with Crippen LogP contribution in [-0.2, 0) is 20.2 Å². The number of amides is 1. The molecule has 0 aromatic heterocycles. The Bertz CT molecular complexity index is 1300. The Hall–Kier alpha value is -2.72. The van der Waals surface area contributed by atoms with Crippen LogP contribution in [0.3, 0.4) is 0 Å². The van der Waals surface area contributed by atoms with Gasteiger partial charge in [0, 0.05) is 18.7 Å². The highest BCUT2D eigenvalue weighted by Crippen LogP contribution is 2.52. The molecule has 7 nitrogen and oxygen atoms in total. The molecular formula is C25H28F2N4O3S. The van der Waals surface area contributed by atoms with E-state index in [0.29, 0.717) is 36.2 Å². The molecule has 10 heteroatoms. The van der Waals surface area contributed by atoms with E-state index in [4.69, 9.17) is 0 Å². The number of rotatable bonds is 5. The quantitative estimate of drug-likeness (QED) is 0.574. The van der Waals surface area contributed by atoms with Gasteiger partial charge in [-0.2, -0.15) is 0 Å². The number of fused-ring (bicyclic) bond motifs is 5. The van der Waals surface area contributed by atoms with E-state index in [1.807, 2.05) is 0 Å². The maximum Gasteiger partial charge on any atom is 0.264 e. The van der Waals surface area contributed by atoms with Crippen molar-refractivity contribution in [2.75, 3.05) is 35.0 Å². The van der Waals surface area contributed by atoms with Gasteiger partial charge in [0.05, 0.1) is 22.5 Å². The minimum atomic E-state index is -4.32. The molecule has 4 heterocycles. The Balaban J connectivity index is 1.40. The summed E-state index contributed by atoms with van der Waals surface area (Å²) in [5.74, 6) is -1.54. The van der Waals surface area contributed by atoms with Crippen LogP contribution in [0.4, 0.5) is 25.8 Å². The average molecular weight is 503 g/mol. The summed E-state index contributed by atoms with van der Waals surface area (Å²) in [5.41, 5.74) is 1.74. The highest BCUT2D eigenvalue weighted by Gasteiger charge is 2.49. The predicted octanol–water partition coefficient (Wildman–Crippen LogP) is 4.04. The Morgan fingerprint density at radius 2 is 1.80 bits per heavy atom. The first-order chi connectivity index (χ1) is 16.7. The number of piperidine rings is 3. The fourth-order valence-corrected chi connectivity index (χ4v) is 7.49. The van der Waals surface area contributed by atoms with Gasteiger partial charge in [0.25, 0.3) is 10.0 Å². The van der Waals surface area contributed by atoms with Crippen molar-refractivity contribution in [3.05, 3.63) is 47.5 Å². The van der Waals surface area contributed by atoms with E-state index < -0.39 is 32.0 Å². The largest absolute Gasteiger partial charge is 0.379 e. The van der Waals surface area contributed by atoms with Crippen LogP contribution in [0.2, 0.25) is 0 Å². The lowest BCUT2D eigenvalue weighted by Gasteiger charge is -2.45. The van der Waals surface area contributed by atoms with Gasteiger partial charge in [0.2, 0.25) is 5.91 Å². The number of hydrogen-bond acceptors (Lipinski definition) is 5. The van der Waals surface area contributed by atoms with E-state index >= 15 is 0 Å². The van der Waals surface area contributed by atoms with E-state index in [0.717, 1.165) is 63.0 Å². The molecule has 1 saturated carbocycles. The molecule has 3 saturated heterocycles. The lowest BCUT2D eigenvalue weighted by Crippen LogP contribution is -2.53. The second-order valence-corrected chi connectivity index (χ2v) is 11.9. The predicted molar refractivity (Wildman–Crippen MR) is 129 cm³/mol. The van der Waals surface area contributed by atoms with Crippen molar-refractivity contribution in [3.63, 3.8) is 0 Å². The smallest absolute Gasteiger partial charge is 0.264 e. The number of anilines is 3. The van der Waals surface area contributed by atoms with Gasteiger partial charge in [-0.25, -0.2) is 17.2 Å². The Labute approximate surface area is 203 Å². The van der Waals surface area contributed by atoms with E-state index in [-0.39, 0.29) is 17.6 Å². The first-order valence-corrected chi connectivity index (χ1v) is 13.7. The van der Waals surface area contributed by atoms with Gasteiger partial charge in [-0.1, -0.05) is 12.8 Å². The maximum atomic E-state index is 14.3. The molecule has 4 aliphatic heterocycles. The number of halogens is 2. The standard InChI is InChI=1S/C25H28F2N4O3S/c26-16-3-4-22(19(27)11-16)35(33,34)30-17-12-18-23(29-24(32)25(18)7-1-2-8-25)20(13-17)28-21-14-31-9-5-15(21)6-10-31/h3-4,11-13,15,21,28,30H,1-2,5-10,14H2,(H,29,32). The third-order valence-corrected chi connectivity index (χ3v) is 9.63. The van der Waals surface area contributed by atoms with Gasteiger partial charge in [-0.05, 0) is 74.5 Å². The van der Waals surface area contributed by atoms with Crippen LogP contribution in [0.15, 0.2) is 35.2 Å². The summed E-state index contributed by atoms with van der Waals surface area (Å²) < 4.78 is 56.2. The van der Waals surface area contributed by atoms with Gasteiger partial charge in [0.1, 0.15) is 16.5 Å². The van der Waals surface area contributed by atoms with E-state index in [9.17, 15) is 22.0 Å². The van der Waals surface area contributed by atoms with Crippen molar-refractivity contribution in [2.24, 2.45) is 5.92 Å². The third-order valence-electron chi connectivity index (χ3n) is 8.22. The summed E-state index contributed by atoms with van der Waals surface area (Å²) in [6.07, 6.45) is 5.46. The molecule has 2 aromatic rings. The molecule has 0 radical (unpaired) electrons. The zero-order valence-electron chi connectivity index (χ0n) is 19.2. The zero-order valence-corrected chi connectivity index (χ0v) is 20.1. The third kappa shape index (κ3) is 3.78. The molecular weight excluding hydrogens is 474 g/mol. The summed E-state index contributed by atoms with van der Waals surface area (Å²) in [5, 5.41) is 6.69. The van der Waals surface area contributed by atoms with Crippen molar-refractivity contribution in [1.82, 2.24) is 4.90 Å². The van der Waals surface area contributed by atoms with Crippen molar-refractivity contribution in [1.29, 1.82) is 0 Å². The number of carbonyl (C=O) groups excluding carboxylic acids is 1. The number of nitrogens with one attached hydrogen (secondary N) is 3. The average Bonchev–Trinajstić information content (AvgIpc) is 3.41. The molecule has 2 aromatic carbocycles. The maximum absolute atomic E-state index is 14.3. The molecule has 1 unspecified atom stereocenters. The molecule has 1 aliphatic carbocycles. The fourth-order valence-electron chi connectivity index (χ4n) is 6.39. The molecule has 1 amide bonds. The molecule has 7 rings (SSSR count). The first kappa shape index (κ1) is 22.7. The minimum absolute atomic E-state index is 0.0495. The number of nitrogens with zero attached hydrogens (tertiary/aromatic N) is 1. The van der Waals surface area contributed by atoms with E-state index in [1.54, 1.807) is 12.1 Å². The SMILES string of the molecule is O=C1Nc2c(NC3CN4CCC3CC4)cc(NS(=O)(=O)c3ccc(F)cc3F)cc2C12CCCC2. The van der Waals surface area contributed by atoms with Gasteiger partial charge in [0.15, 0.2) is 0 Å². The highest BCUT2D eigenvalue weighted by molar-refractivity contribution is 7.92. The van der Waals surface area contributed by atoms with E-state index in [2.05, 4.69) is 20.3 Å². The van der Waals surface area contributed by atoms with Gasteiger partial charge >= 0.3 is 0 Å². The van der Waals surface area contributed by atoms with Crippen LogP contribution in [0.1, 0.15) is 44.1 Å². The second kappa shape index (κ2) is 8.16. The molecule has 5 aliphatic rings. The van der Waals surface area contributed by atoms with Crippen LogP contribution < -0.4 is 15.4 Å². The molecule has 4 fully saturated rings. The van der Waals surface area contributed by atoms with Crippen molar-refractivity contribution in [2.45, 2.75) is 54.9 Å². The molecule has 3 N–H and O–H groups in total. The number of benzene rings is 2. The van der Waals surface area contributed by atoms with Crippen molar-refractivity contribution in [3.8, 4) is 0 Å². The highest BCUT2D eigenvalue weighted by atomic mass is 32.2. The topological polar surface area (TPSA) is 90.5 Å². The first-order valence-electron chi connectivity index (χ1n) is 12.2. The molecule has 1 spiro atoms. The van der Waals surface area contributed by atoms with Crippen molar-refractivity contribution >= 4 is 33.0 Å². The van der Waals surface area contributed by atoms with Gasteiger partial charge in [-0.15, -0.1) is 0 Å². The van der Waals surface area contributed by atoms with E-state index in [1.165, 1.54) is 0 Å². The number of sulfonamides is 1. The van der Waals surface area contributed by atoms with Crippen molar-refractivity contribution < 1.29 is 22.0 Å². The molecule has 186 valence electrons. The summed E-state index contributed by atoms with van der Waals surface area (Å²) in [6.45, 7) is 3.07. The van der Waals surface area contributed by atoms with Crippen LogP contribution >= 0.6 is 0 Å². The zero-order chi connectivity index (χ0) is 24.4. The number of carbonyl (C=O) groups is 1. The van der Waals surface area contributed by atoms with Crippen LogP contribution in [0.25, 0.3) is 0 Å². The van der Waals surface area contributed by atoms with Crippen LogP contribution in [-0.4, -0.2) is 44.9 Å². The lowest BCUT2D eigenvalue weighted by molar-refractivity contribution is -0.120. The molecule has 2 bridgehead atoms. The van der Waals surface area contributed by atoms with Gasteiger partial charge < -0.3 is 15.5 Å². The fraction of sp³-hybridized carbons (Fsp3) is 0.480. The molecule has 35 heavy (non-hydrogen) atoms. The summed E-state index contributed by atoms with van der Waals surface area (Å²) in [4.78, 5) is 14.9. The number of hydrogen-bond donors (Lipinski definition) is 3. The lowest BCUT2D eigenvalue weighted by atomic mass is 9.79. The Morgan fingerprint density at radius 1 is 1.06 bits per heavy atom. The summed E-state index contributed by atoms with van der Waals surface area (Å²) in [7, 11) is -4.32. The normalized spacial score (nSPS) is 26.6. The Kier molecular flexibility index (Phi) is 5.30.